The highest BCUT2D eigenvalue weighted by atomic mass is 19.1. The Bertz CT molecular complexity index is 911. The summed E-state index contributed by atoms with van der Waals surface area (Å²) in [6, 6.07) is 6.77. The molecule has 0 saturated carbocycles. The number of rotatable bonds is 4. The van der Waals surface area contributed by atoms with Crippen LogP contribution in [0.5, 0.6) is 5.75 Å². The third-order valence-electron chi connectivity index (χ3n) is 5.17. The van der Waals surface area contributed by atoms with E-state index < -0.39 is 18.3 Å². The van der Waals surface area contributed by atoms with Crippen LogP contribution >= 0.6 is 0 Å². The van der Waals surface area contributed by atoms with Gasteiger partial charge in [0.1, 0.15) is 11.6 Å². The van der Waals surface area contributed by atoms with Crippen molar-refractivity contribution in [3.63, 3.8) is 0 Å². The van der Waals surface area contributed by atoms with Crippen LogP contribution in [0.1, 0.15) is 40.2 Å². The summed E-state index contributed by atoms with van der Waals surface area (Å²) < 4.78 is 37.6. The van der Waals surface area contributed by atoms with Gasteiger partial charge in [-0.25, -0.2) is 4.39 Å². The molecule has 142 valence electrons. The van der Waals surface area contributed by atoms with E-state index >= 15 is 0 Å². The molecule has 4 nitrogen and oxygen atoms in total. The number of halogens is 1. The van der Waals surface area contributed by atoms with Crippen LogP contribution < -0.4 is 10.2 Å². The quantitative estimate of drug-likeness (QED) is 0.468. The Hall–Kier alpha value is -2.07. The molecule has 27 heavy (non-hydrogen) atoms. The number of ether oxygens (including phenoxy) is 2. The Kier molecular flexibility index (Phi) is 5.22. The van der Waals surface area contributed by atoms with Crippen LogP contribution in [0.15, 0.2) is 24.3 Å². The van der Waals surface area contributed by atoms with E-state index in [4.69, 9.17) is 18.8 Å². The summed E-state index contributed by atoms with van der Waals surface area (Å²) in [5.41, 5.74) is -0.0123. The molecule has 0 bridgehead atoms. The highest BCUT2D eigenvalue weighted by molar-refractivity contribution is 6.65. The molecule has 0 N–H and O–H groups in total. The molecule has 0 radical (unpaired) electrons. The van der Waals surface area contributed by atoms with Crippen molar-refractivity contribution in [3.8, 4) is 17.6 Å². The van der Waals surface area contributed by atoms with Crippen LogP contribution in [0, 0.1) is 17.7 Å². The van der Waals surface area contributed by atoms with Gasteiger partial charge in [-0.15, -0.1) is 5.92 Å². The molecule has 2 aromatic rings. The first-order chi connectivity index (χ1) is 12.7. The van der Waals surface area contributed by atoms with Crippen LogP contribution in [0.3, 0.4) is 0 Å². The minimum absolute atomic E-state index is 0.108. The van der Waals surface area contributed by atoms with Gasteiger partial charge >= 0.3 is 7.12 Å². The molecule has 0 amide bonds. The van der Waals surface area contributed by atoms with Gasteiger partial charge in [0.2, 0.25) is 0 Å². The molecule has 2 aromatic carbocycles. The first kappa shape index (κ1) is 19.7. The molecule has 1 aliphatic rings. The normalized spacial score (nSPS) is 17.7. The summed E-state index contributed by atoms with van der Waals surface area (Å²) in [6.07, 6.45) is 0. The zero-order valence-electron chi connectivity index (χ0n) is 16.6. The highest BCUT2D eigenvalue weighted by Gasteiger charge is 2.52. The van der Waals surface area contributed by atoms with Crippen molar-refractivity contribution in [2.24, 2.45) is 0 Å². The molecule has 6 heteroatoms. The van der Waals surface area contributed by atoms with Crippen molar-refractivity contribution in [2.45, 2.75) is 45.8 Å². The largest absolute Gasteiger partial charge is 0.495 e. The molecule has 1 saturated heterocycles. The predicted octanol–water partition coefficient (Wildman–Crippen LogP) is 3.63. The Morgan fingerprint density at radius 1 is 1.11 bits per heavy atom. The zero-order valence-corrected chi connectivity index (χ0v) is 16.6. The lowest BCUT2D eigenvalue weighted by Crippen LogP contribution is -2.41. The smallest absolute Gasteiger partial charge is 0.468 e. The lowest BCUT2D eigenvalue weighted by molar-refractivity contribution is 0.00578. The molecule has 3 rings (SSSR count). The fourth-order valence-electron chi connectivity index (χ4n) is 3.06. The summed E-state index contributed by atoms with van der Waals surface area (Å²) >= 11 is 0. The Morgan fingerprint density at radius 2 is 1.78 bits per heavy atom. The SMILES string of the molecule is CC#Cc1c(F)ccc2cc(OCOC)cc(B3OC(C)(C)C(C)(C)O3)c12. The van der Waals surface area contributed by atoms with E-state index in [9.17, 15) is 4.39 Å². The summed E-state index contributed by atoms with van der Waals surface area (Å²) in [5, 5.41) is 1.47. The van der Waals surface area contributed by atoms with E-state index in [2.05, 4.69) is 11.8 Å². The predicted molar refractivity (Wildman–Crippen MR) is 105 cm³/mol. The van der Waals surface area contributed by atoms with E-state index in [0.29, 0.717) is 22.2 Å². The second-order valence-corrected chi connectivity index (χ2v) is 7.55. The molecule has 0 unspecified atom stereocenters. The molecule has 0 aliphatic carbocycles. The van der Waals surface area contributed by atoms with Gasteiger partial charge in [0, 0.05) is 12.5 Å². The monoisotopic (exact) mass is 370 g/mol. The Balaban J connectivity index is 2.24. The van der Waals surface area contributed by atoms with Crippen LogP contribution in [0.25, 0.3) is 10.8 Å². The lowest BCUT2D eigenvalue weighted by Gasteiger charge is -2.32. The third kappa shape index (κ3) is 3.55. The van der Waals surface area contributed by atoms with Crippen molar-refractivity contribution in [3.05, 3.63) is 35.6 Å². The molecular weight excluding hydrogens is 346 g/mol. The average molecular weight is 370 g/mol. The molecule has 1 heterocycles. The maximum atomic E-state index is 14.5. The molecule has 0 aromatic heterocycles. The Labute approximate surface area is 160 Å². The highest BCUT2D eigenvalue weighted by Crippen LogP contribution is 2.38. The molecule has 0 spiro atoms. The van der Waals surface area contributed by atoms with E-state index in [0.717, 1.165) is 5.39 Å². The van der Waals surface area contributed by atoms with Gasteiger partial charge < -0.3 is 18.8 Å². The van der Waals surface area contributed by atoms with E-state index in [1.54, 1.807) is 20.1 Å². The van der Waals surface area contributed by atoms with E-state index in [1.165, 1.54) is 6.07 Å². The Morgan fingerprint density at radius 3 is 2.37 bits per heavy atom. The van der Waals surface area contributed by atoms with E-state index in [-0.39, 0.29) is 12.6 Å². The number of benzene rings is 2. The van der Waals surface area contributed by atoms with Gasteiger partial charge in [-0.1, -0.05) is 12.0 Å². The van der Waals surface area contributed by atoms with Gasteiger partial charge in [-0.05, 0) is 63.7 Å². The van der Waals surface area contributed by atoms with Gasteiger partial charge in [0.05, 0.1) is 16.8 Å². The van der Waals surface area contributed by atoms with Crippen LogP contribution in [0.4, 0.5) is 4.39 Å². The number of fused-ring (bicyclic) bond motifs is 1. The van der Waals surface area contributed by atoms with Crippen molar-refractivity contribution in [2.75, 3.05) is 13.9 Å². The first-order valence-electron chi connectivity index (χ1n) is 8.86. The van der Waals surface area contributed by atoms with Crippen LogP contribution in [0.2, 0.25) is 0 Å². The summed E-state index contributed by atoms with van der Waals surface area (Å²) in [4.78, 5) is 0. The second kappa shape index (κ2) is 7.16. The van der Waals surface area contributed by atoms with Gasteiger partial charge in [0.15, 0.2) is 6.79 Å². The molecule has 1 aliphatic heterocycles. The fourth-order valence-corrected chi connectivity index (χ4v) is 3.06. The van der Waals surface area contributed by atoms with Gasteiger partial charge in [-0.2, -0.15) is 0 Å². The van der Waals surface area contributed by atoms with Crippen molar-refractivity contribution < 1.29 is 23.2 Å². The van der Waals surface area contributed by atoms with Gasteiger partial charge in [0.25, 0.3) is 0 Å². The second-order valence-electron chi connectivity index (χ2n) is 7.55. The minimum atomic E-state index is -0.664. The van der Waals surface area contributed by atoms with Crippen molar-refractivity contribution in [1.82, 2.24) is 0 Å². The number of methoxy groups -OCH3 is 1. The third-order valence-corrected chi connectivity index (χ3v) is 5.17. The maximum absolute atomic E-state index is 14.5. The lowest BCUT2D eigenvalue weighted by atomic mass is 9.74. The molecular formula is C21H24BFO4. The standard InChI is InChI=1S/C21H24BFO4/c1-7-8-16-18(23)10-9-14-11-15(25-13-24-6)12-17(19(14)16)22-26-20(2,3)21(4,5)27-22/h9-12H,13H2,1-6H3. The minimum Gasteiger partial charge on any atom is -0.468 e. The summed E-state index contributed by atoms with van der Waals surface area (Å²) in [7, 11) is 0.892. The summed E-state index contributed by atoms with van der Waals surface area (Å²) in [6.45, 7) is 9.71. The zero-order chi connectivity index (χ0) is 19.8. The van der Waals surface area contributed by atoms with Gasteiger partial charge in [-0.3, -0.25) is 0 Å². The van der Waals surface area contributed by atoms with E-state index in [1.807, 2.05) is 39.8 Å². The molecule has 0 atom stereocenters. The van der Waals surface area contributed by atoms with Crippen LogP contribution in [-0.2, 0) is 14.0 Å². The van der Waals surface area contributed by atoms with Crippen molar-refractivity contribution in [1.29, 1.82) is 0 Å². The first-order valence-corrected chi connectivity index (χ1v) is 8.86. The maximum Gasteiger partial charge on any atom is 0.495 e. The molecule has 1 fully saturated rings. The number of hydrogen-bond acceptors (Lipinski definition) is 4. The summed E-state index contributed by atoms with van der Waals surface area (Å²) in [5.74, 6) is 5.90. The fraction of sp³-hybridized carbons (Fsp3) is 0.429. The van der Waals surface area contributed by atoms with Crippen LogP contribution in [-0.4, -0.2) is 32.2 Å². The van der Waals surface area contributed by atoms with Crippen molar-refractivity contribution >= 4 is 23.4 Å². The average Bonchev–Trinajstić information content (AvgIpc) is 2.82. The topological polar surface area (TPSA) is 36.9 Å². The number of hydrogen-bond donors (Lipinski definition) is 0.